The van der Waals surface area contributed by atoms with Gasteiger partial charge in [-0.15, -0.1) is 0 Å². The Morgan fingerprint density at radius 3 is 2.53 bits per heavy atom. The molecule has 8 nitrogen and oxygen atoms in total. The van der Waals surface area contributed by atoms with Crippen LogP contribution in [0.4, 0.5) is 0 Å². The first-order chi connectivity index (χ1) is 14.2. The fourth-order valence-corrected chi connectivity index (χ4v) is 4.41. The number of aromatic nitrogens is 2. The third-order valence-electron chi connectivity index (χ3n) is 5.57. The van der Waals surface area contributed by atoms with Crippen molar-refractivity contribution >= 4 is 23.2 Å². The van der Waals surface area contributed by atoms with Gasteiger partial charge in [-0.1, -0.05) is 39.5 Å². The number of carboxylic acid groups (broad SMARTS) is 1. The molecule has 0 aliphatic heterocycles. The highest BCUT2D eigenvalue weighted by Gasteiger charge is 2.31. The van der Waals surface area contributed by atoms with Crippen molar-refractivity contribution < 1.29 is 24.2 Å². The van der Waals surface area contributed by atoms with Gasteiger partial charge in [0, 0.05) is 11.9 Å². The van der Waals surface area contributed by atoms with Crippen molar-refractivity contribution in [2.24, 2.45) is 17.6 Å². The van der Waals surface area contributed by atoms with Crippen molar-refractivity contribution in [1.29, 1.82) is 0 Å². The number of hydrogen-bond donors (Lipinski definition) is 2. The minimum absolute atomic E-state index is 0.0321. The maximum atomic E-state index is 12.9. The average Bonchev–Trinajstić information content (AvgIpc) is 3.26. The molecule has 8 heteroatoms. The monoisotopic (exact) mass is 415 g/mol. The number of aryl methyl sites for hydroxylation is 1. The maximum absolute atomic E-state index is 12.9. The van der Waals surface area contributed by atoms with Crippen LogP contribution in [0.3, 0.4) is 0 Å². The van der Waals surface area contributed by atoms with Crippen LogP contribution in [0.1, 0.15) is 66.8 Å². The number of primary amides is 1. The minimum atomic E-state index is -1.15. The number of hydrogen-bond acceptors (Lipinski definition) is 5. The number of carbonyl (C=O) groups excluding carboxylic acids is 2. The first-order valence-electron chi connectivity index (χ1n) is 10.4. The van der Waals surface area contributed by atoms with E-state index in [1.165, 1.54) is 12.8 Å². The van der Waals surface area contributed by atoms with Gasteiger partial charge in [-0.05, 0) is 37.2 Å². The van der Waals surface area contributed by atoms with Gasteiger partial charge < -0.3 is 20.0 Å². The Morgan fingerprint density at radius 1 is 1.30 bits per heavy atom. The van der Waals surface area contributed by atoms with Crippen LogP contribution in [-0.4, -0.2) is 38.8 Å². The molecule has 162 valence electrons. The molecule has 2 aromatic heterocycles. The molecule has 30 heavy (non-hydrogen) atoms. The van der Waals surface area contributed by atoms with Gasteiger partial charge in [0.1, 0.15) is 5.52 Å². The van der Waals surface area contributed by atoms with Gasteiger partial charge in [-0.3, -0.25) is 9.59 Å². The summed E-state index contributed by atoms with van der Waals surface area (Å²) in [6.07, 6.45) is 7.81. The van der Waals surface area contributed by atoms with Crippen LogP contribution in [0.15, 0.2) is 6.20 Å². The highest BCUT2D eigenvalue weighted by molar-refractivity contribution is 6.44. The quantitative estimate of drug-likeness (QED) is 0.479. The lowest BCUT2D eigenvalue weighted by atomic mass is 9.92. The first kappa shape index (κ1) is 21.8. The van der Waals surface area contributed by atoms with Crippen LogP contribution in [0, 0.1) is 18.8 Å². The van der Waals surface area contributed by atoms with Crippen LogP contribution < -0.4 is 10.5 Å². The summed E-state index contributed by atoms with van der Waals surface area (Å²) in [5, 5.41) is 9.05. The van der Waals surface area contributed by atoms with Gasteiger partial charge in [-0.2, -0.15) is 0 Å². The van der Waals surface area contributed by atoms with E-state index in [-0.39, 0.29) is 17.4 Å². The molecule has 0 aromatic carbocycles. The van der Waals surface area contributed by atoms with E-state index < -0.39 is 24.3 Å². The zero-order valence-electron chi connectivity index (χ0n) is 17.7. The number of amides is 1. The highest BCUT2D eigenvalue weighted by atomic mass is 16.5. The lowest BCUT2D eigenvalue weighted by molar-refractivity contribution is -0.139. The van der Waals surface area contributed by atoms with E-state index in [2.05, 4.69) is 4.98 Å². The largest absolute Gasteiger partial charge is 0.479 e. The van der Waals surface area contributed by atoms with Crippen LogP contribution in [0.2, 0.25) is 0 Å². The first-order valence-corrected chi connectivity index (χ1v) is 10.4. The molecule has 0 spiro atoms. The molecule has 0 radical (unpaired) electrons. The van der Waals surface area contributed by atoms with E-state index in [1.54, 1.807) is 6.92 Å². The summed E-state index contributed by atoms with van der Waals surface area (Å²) in [4.78, 5) is 40.2. The highest BCUT2D eigenvalue weighted by Crippen LogP contribution is 2.36. The second-order valence-electron chi connectivity index (χ2n) is 8.53. The molecule has 0 bridgehead atoms. The lowest BCUT2D eigenvalue weighted by Crippen LogP contribution is -2.24. The number of rotatable bonds is 9. The van der Waals surface area contributed by atoms with Crippen molar-refractivity contribution in [2.75, 3.05) is 6.61 Å². The Kier molecular flexibility index (Phi) is 6.43. The van der Waals surface area contributed by atoms with E-state index >= 15 is 0 Å². The number of nitrogens with zero attached hydrogens (tertiary/aromatic N) is 2. The maximum Gasteiger partial charge on any atom is 0.341 e. The van der Waals surface area contributed by atoms with Crippen molar-refractivity contribution in [1.82, 2.24) is 9.38 Å². The fraction of sp³-hybridized carbons (Fsp3) is 0.545. The van der Waals surface area contributed by atoms with Gasteiger partial charge in [0.05, 0.1) is 11.3 Å². The van der Waals surface area contributed by atoms with E-state index in [4.69, 9.17) is 15.6 Å². The molecule has 1 aliphatic rings. The Balaban J connectivity index is 2.30. The zero-order chi connectivity index (χ0) is 22.0. The number of ketones is 1. The van der Waals surface area contributed by atoms with Gasteiger partial charge in [-0.25, -0.2) is 9.78 Å². The van der Waals surface area contributed by atoms with E-state index in [0.717, 1.165) is 30.5 Å². The van der Waals surface area contributed by atoms with Crippen molar-refractivity contribution in [3.8, 4) is 5.88 Å². The predicted octanol–water partition coefficient (Wildman–Crippen LogP) is 2.71. The lowest BCUT2D eigenvalue weighted by Gasteiger charge is -2.14. The van der Waals surface area contributed by atoms with Gasteiger partial charge in [0.15, 0.2) is 6.61 Å². The number of nitrogens with two attached hydrogens (primary N) is 1. The van der Waals surface area contributed by atoms with E-state index in [0.29, 0.717) is 23.5 Å². The van der Waals surface area contributed by atoms with Crippen molar-refractivity contribution in [2.45, 2.75) is 59.3 Å². The van der Waals surface area contributed by atoms with Gasteiger partial charge in [0.25, 0.3) is 11.7 Å². The molecule has 1 saturated carbocycles. The number of ether oxygens (including phenoxy) is 1. The molecule has 1 amide bonds. The third-order valence-corrected chi connectivity index (χ3v) is 5.57. The van der Waals surface area contributed by atoms with Crippen LogP contribution >= 0.6 is 0 Å². The minimum Gasteiger partial charge on any atom is -0.479 e. The van der Waals surface area contributed by atoms with Crippen LogP contribution in [0.25, 0.3) is 5.52 Å². The molecule has 0 saturated heterocycles. The van der Waals surface area contributed by atoms with E-state index in [1.807, 2.05) is 24.4 Å². The molecule has 1 aliphatic carbocycles. The average molecular weight is 415 g/mol. The molecule has 2 aromatic rings. The molecule has 0 unspecified atom stereocenters. The summed E-state index contributed by atoms with van der Waals surface area (Å²) in [7, 11) is 0. The summed E-state index contributed by atoms with van der Waals surface area (Å²) in [5.41, 5.74) is 8.27. The Morgan fingerprint density at radius 2 is 1.97 bits per heavy atom. The van der Waals surface area contributed by atoms with Crippen molar-refractivity contribution in [3.63, 3.8) is 0 Å². The van der Waals surface area contributed by atoms with Gasteiger partial charge in [0.2, 0.25) is 5.88 Å². The topological polar surface area (TPSA) is 124 Å². The Hall–Kier alpha value is -2.90. The smallest absolute Gasteiger partial charge is 0.341 e. The number of Topliss-reactive ketones (excluding diaryl/α,β-unsaturated/α-hetero) is 1. The van der Waals surface area contributed by atoms with Crippen LogP contribution in [0.5, 0.6) is 5.88 Å². The number of carboxylic acids is 1. The summed E-state index contributed by atoms with van der Waals surface area (Å²) < 4.78 is 7.31. The molecular weight excluding hydrogens is 386 g/mol. The number of aliphatic carboxylic acids is 1. The zero-order valence-corrected chi connectivity index (χ0v) is 17.7. The van der Waals surface area contributed by atoms with Crippen molar-refractivity contribution in [3.05, 3.63) is 28.7 Å². The molecule has 3 rings (SSSR count). The normalized spacial score (nSPS) is 14.5. The summed E-state index contributed by atoms with van der Waals surface area (Å²) in [5.74, 6) is -2.23. The fourth-order valence-electron chi connectivity index (χ4n) is 4.41. The summed E-state index contributed by atoms with van der Waals surface area (Å²) >= 11 is 0. The summed E-state index contributed by atoms with van der Waals surface area (Å²) in [6, 6.07) is 0. The molecule has 2 heterocycles. The Bertz CT molecular complexity index is 987. The standard InChI is InChI=1S/C22H29N3O5/c1-12(2)8-15-16(9-14-6-4-5-7-14)25-10-13(3)24-22(30-11-17(26)27)19(25)18(15)20(28)21(23)29/h10,12,14H,4-9,11H2,1-3H3,(H2,23,29)(H,26,27). The van der Waals surface area contributed by atoms with E-state index in [9.17, 15) is 14.4 Å². The summed E-state index contributed by atoms with van der Waals surface area (Å²) in [6.45, 7) is 5.28. The SMILES string of the molecule is Cc1cn2c(CC3CCCC3)c(CC(C)C)c(C(=O)C(N)=O)c2c(OCC(=O)O)n1. The van der Waals surface area contributed by atoms with Crippen LogP contribution in [-0.2, 0) is 22.4 Å². The third kappa shape index (κ3) is 4.47. The second-order valence-corrected chi connectivity index (χ2v) is 8.53. The second kappa shape index (κ2) is 8.85. The Labute approximate surface area is 175 Å². The number of fused-ring (bicyclic) bond motifs is 1. The van der Waals surface area contributed by atoms with Gasteiger partial charge >= 0.3 is 5.97 Å². The predicted molar refractivity (Wildman–Crippen MR) is 111 cm³/mol. The molecular formula is C22H29N3O5. The number of carbonyl (C=O) groups is 3. The molecule has 3 N–H and O–H groups in total. The molecule has 0 atom stereocenters. The molecule has 1 fully saturated rings.